The van der Waals surface area contributed by atoms with Gasteiger partial charge in [-0.25, -0.2) is 4.79 Å². The zero-order valence-corrected chi connectivity index (χ0v) is 20.0. The average Bonchev–Trinajstić information content (AvgIpc) is 3.26. The van der Waals surface area contributed by atoms with Gasteiger partial charge < -0.3 is 19.1 Å². The number of nitrogens with one attached hydrogen (secondary N) is 1. The Kier molecular flexibility index (Phi) is 6.70. The number of carbonyl (C=O) groups is 2. The number of nitrogens with zero attached hydrogens (tertiary/aromatic N) is 3. The van der Waals surface area contributed by atoms with Gasteiger partial charge >= 0.3 is 6.09 Å². The molecule has 2 heterocycles. The molecule has 34 heavy (non-hydrogen) atoms. The number of anilines is 1. The number of amides is 2. The van der Waals surface area contributed by atoms with Crippen LogP contribution in [-0.4, -0.2) is 65.8 Å². The zero-order valence-electron chi connectivity index (χ0n) is 20.0. The summed E-state index contributed by atoms with van der Waals surface area (Å²) < 4.78 is 10.5. The first-order valence-electron chi connectivity index (χ1n) is 11.3. The highest BCUT2D eigenvalue weighted by Gasteiger charge is 2.21. The standard InChI is InChI=1S/C26H30N4O4/c1-26(2,3)33-25(32)27-23-17-22(28-34-23)21-7-5-6-20(16-21)18-8-10-19(11-9-18)24(31)30-14-12-29(4)13-15-30/h5-11,16-17H,12-15H2,1-4H3,(H,27,32). The number of ether oxygens (including phenoxy) is 1. The molecule has 4 rings (SSSR count). The van der Waals surface area contributed by atoms with E-state index in [0.29, 0.717) is 11.3 Å². The normalized spacial score (nSPS) is 14.6. The Balaban J connectivity index is 1.45. The lowest BCUT2D eigenvalue weighted by Crippen LogP contribution is -2.47. The van der Waals surface area contributed by atoms with Crippen LogP contribution in [0.5, 0.6) is 0 Å². The monoisotopic (exact) mass is 462 g/mol. The molecule has 8 nitrogen and oxygen atoms in total. The molecule has 8 heteroatoms. The van der Waals surface area contributed by atoms with Gasteiger partial charge in [-0.2, -0.15) is 0 Å². The van der Waals surface area contributed by atoms with Gasteiger partial charge in [0.1, 0.15) is 11.3 Å². The first kappa shape index (κ1) is 23.5. The van der Waals surface area contributed by atoms with Gasteiger partial charge in [0.2, 0.25) is 5.88 Å². The van der Waals surface area contributed by atoms with E-state index in [1.54, 1.807) is 26.8 Å². The second-order valence-corrected chi connectivity index (χ2v) is 9.46. The quantitative estimate of drug-likeness (QED) is 0.602. The third kappa shape index (κ3) is 5.82. The van der Waals surface area contributed by atoms with E-state index in [0.717, 1.165) is 42.9 Å². The Hall–Kier alpha value is -3.65. The van der Waals surface area contributed by atoms with Gasteiger partial charge in [0.05, 0.1) is 0 Å². The average molecular weight is 463 g/mol. The molecule has 2 aromatic carbocycles. The molecule has 1 fully saturated rings. The molecule has 3 aromatic rings. The molecule has 0 unspecified atom stereocenters. The number of benzene rings is 2. The van der Waals surface area contributed by atoms with Crippen LogP contribution in [0.1, 0.15) is 31.1 Å². The molecule has 0 bridgehead atoms. The Morgan fingerprint density at radius 2 is 1.62 bits per heavy atom. The predicted molar refractivity (Wildman–Crippen MR) is 131 cm³/mol. The van der Waals surface area contributed by atoms with Crippen molar-refractivity contribution in [2.45, 2.75) is 26.4 Å². The highest BCUT2D eigenvalue weighted by molar-refractivity contribution is 5.95. The lowest BCUT2D eigenvalue weighted by molar-refractivity contribution is 0.0629. The van der Waals surface area contributed by atoms with E-state index in [1.807, 2.05) is 53.4 Å². The van der Waals surface area contributed by atoms with Gasteiger partial charge in [0.15, 0.2) is 0 Å². The molecular weight excluding hydrogens is 432 g/mol. The van der Waals surface area contributed by atoms with Crippen LogP contribution in [0.25, 0.3) is 22.4 Å². The Morgan fingerprint density at radius 3 is 2.29 bits per heavy atom. The molecular formula is C26H30N4O4. The van der Waals surface area contributed by atoms with Crippen LogP contribution >= 0.6 is 0 Å². The molecule has 0 spiro atoms. The Morgan fingerprint density at radius 1 is 0.941 bits per heavy atom. The molecule has 1 aliphatic rings. The SMILES string of the molecule is CN1CCN(C(=O)c2ccc(-c3cccc(-c4cc(NC(=O)OC(C)(C)C)on4)c3)cc2)CC1. The predicted octanol–water partition coefficient (Wildman–Crippen LogP) is 4.74. The fourth-order valence-corrected chi connectivity index (χ4v) is 3.73. The number of piperazine rings is 1. The fourth-order valence-electron chi connectivity index (χ4n) is 3.73. The summed E-state index contributed by atoms with van der Waals surface area (Å²) in [5, 5.41) is 6.62. The fraction of sp³-hybridized carbons (Fsp3) is 0.346. The van der Waals surface area contributed by atoms with Crippen LogP contribution in [0, 0.1) is 0 Å². The van der Waals surface area contributed by atoms with Crippen molar-refractivity contribution in [2.24, 2.45) is 0 Å². The molecule has 0 saturated carbocycles. The third-order valence-electron chi connectivity index (χ3n) is 5.55. The summed E-state index contributed by atoms with van der Waals surface area (Å²) in [5.41, 5.74) is 3.50. The van der Waals surface area contributed by atoms with E-state index in [-0.39, 0.29) is 11.8 Å². The first-order chi connectivity index (χ1) is 16.2. The van der Waals surface area contributed by atoms with E-state index in [2.05, 4.69) is 22.4 Å². The molecule has 1 saturated heterocycles. The first-order valence-corrected chi connectivity index (χ1v) is 11.3. The minimum Gasteiger partial charge on any atom is -0.444 e. The number of rotatable bonds is 4. The maximum atomic E-state index is 12.8. The van der Waals surface area contributed by atoms with E-state index in [1.165, 1.54) is 0 Å². The van der Waals surface area contributed by atoms with Crippen molar-refractivity contribution in [1.82, 2.24) is 15.0 Å². The summed E-state index contributed by atoms with van der Waals surface area (Å²) in [6.07, 6.45) is -0.602. The van der Waals surface area contributed by atoms with Gasteiger partial charge in [0, 0.05) is 43.4 Å². The van der Waals surface area contributed by atoms with Gasteiger partial charge in [-0.05, 0) is 57.1 Å². The van der Waals surface area contributed by atoms with Crippen molar-refractivity contribution < 1.29 is 18.8 Å². The van der Waals surface area contributed by atoms with Crippen molar-refractivity contribution in [1.29, 1.82) is 0 Å². The summed E-state index contributed by atoms with van der Waals surface area (Å²) >= 11 is 0. The minimum atomic E-state index is -0.605. The molecule has 1 aliphatic heterocycles. The van der Waals surface area contributed by atoms with E-state index < -0.39 is 11.7 Å². The summed E-state index contributed by atoms with van der Waals surface area (Å²) in [6.45, 7) is 8.67. The molecule has 0 radical (unpaired) electrons. The van der Waals surface area contributed by atoms with E-state index >= 15 is 0 Å². The summed E-state index contributed by atoms with van der Waals surface area (Å²) in [7, 11) is 2.07. The van der Waals surface area contributed by atoms with Crippen molar-refractivity contribution >= 4 is 17.9 Å². The van der Waals surface area contributed by atoms with Crippen LogP contribution in [0.15, 0.2) is 59.1 Å². The molecule has 2 amide bonds. The third-order valence-corrected chi connectivity index (χ3v) is 5.55. The number of carbonyl (C=O) groups excluding carboxylic acids is 2. The van der Waals surface area contributed by atoms with E-state index in [4.69, 9.17) is 9.26 Å². The van der Waals surface area contributed by atoms with Crippen molar-refractivity contribution in [3.8, 4) is 22.4 Å². The van der Waals surface area contributed by atoms with Crippen LogP contribution in [0.2, 0.25) is 0 Å². The van der Waals surface area contributed by atoms with Gasteiger partial charge in [-0.3, -0.25) is 10.1 Å². The second kappa shape index (κ2) is 9.69. The summed E-state index contributed by atoms with van der Waals surface area (Å²) in [6, 6.07) is 17.2. The molecule has 1 N–H and O–H groups in total. The highest BCUT2D eigenvalue weighted by Crippen LogP contribution is 2.28. The topological polar surface area (TPSA) is 87.9 Å². The number of likely N-dealkylation sites (N-methyl/N-ethyl adjacent to an activating group) is 1. The molecule has 1 aromatic heterocycles. The van der Waals surface area contributed by atoms with Gasteiger partial charge in [0.25, 0.3) is 5.91 Å². The van der Waals surface area contributed by atoms with Crippen LogP contribution in [0.4, 0.5) is 10.7 Å². The number of hydrogen-bond donors (Lipinski definition) is 1. The second-order valence-electron chi connectivity index (χ2n) is 9.46. The Labute approximate surface area is 199 Å². The maximum Gasteiger partial charge on any atom is 0.414 e. The van der Waals surface area contributed by atoms with Crippen LogP contribution in [0.3, 0.4) is 0 Å². The summed E-state index contributed by atoms with van der Waals surface area (Å²) in [5.74, 6) is 0.280. The number of aromatic nitrogens is 1. The zero-order chi connectivity index (χ0) is 24.3. The highest BCUT2D eigenvalue weighted by atomic mass is 16.6. The summed E-state index contributed by atoms with van der Waals surface area (Å²) in [4.78, 5) is 28.9. The molecule has 0 atom stereocenters. The van der Waals surface area contributed by atoms with Crippen LogP contribution in [-0.2, 0) is 4.74 Å². The van der Waals surface area contributed by atoms with Gasteiger partial charge in [-0.15, -0.1) is 0 Å². The van der Waals surface area contributed by atoms with Crippen molar-refractivity contribution in [3.05, 3.63) is 60.2 Å². The number of hydrogen-bond acceptors (Lipinski definition) is 6. The largest absolute Gasteiger partial charge is 0.444 e. The lowest BCUT2D eigenvalue weighted by atomic mass is 10.0. The van der Waals surface area contributed by atoms with Crippen LogP contribution < -0.4 is 5.32 Å². The minimum absolute atomic E-state index is 0.0704. The molecule has 0 aliphatic carbocycles. The maximum absolute atomic E-state index is 12.8. The van der Waals surface area contributed by atoms with Gasteiger partial charge in [-0.1, -0.05) is 35.5 Å². The van der Waals surface area contributed by atoms with Crippen molar-refractivity contribution in [2.75, 3.05) is 38.5 Å². The lowest BCUT2D eigenvalue weighted by Gasteiger charge is -2.32. The molecule has 178 valence electrons. The Bertz CT molecular complexity index is 1160. The van der Waals surface area contributed by atoms with Crippen molar-refractivity contribution in [3.63, 3.8) is 0 Å². The smallest absolute Gasteiger partial charge is 0.414 e. The van der Waals surface area contributed by atoms with E-state index in [9.17, 15) is 9.59 Å².